The van der Waals surface area contributed by atoms with Gasteiger partial charge in [-0.15, -0.1) is 11.3 Å². The van der Waals surface area contributed by atoms with Gasteiger partial charge in [0.1, 0.15) is 9.75 Å². The first-order chi connectivity index (χ1) is 7.32. The van der Waals surface area contributed by atoms with Crippen molar-refractivity contribution in [1.82, 2.24) is 4.72 Å². The molecule has 5 nitrogen and oxygen atoms in total. The topological polar surface area (TPSA) is 83.5 Å². The third kappa shape index (κ3) is 2.60. The van der Waals surface area contributed by atoms with Crippen LogP contribution in [0, 0.1) is 0 Å². The van der Waals surface area contributed by atoms with Gasteiger partial charge in [0.25, 0.3) is 10.0 Å². The fourth-order valence-corrected chi connectivity index (χ4v) is 3.46. The highest BCUT2D eigenvalue weighted by Gasteiger charge is 2.36. The van der Waals surface area contributed by atoms with Crippen LogP contribution in [0.15, 0.2) is 21.7 Å². The number of hydrogen-bond acceptors (Lipinski definition) is 4. The van der Waals surface area contributed by atoms with Crippen LogP contribution in [0.2, 0.25) is 0 Å². The summed E-state index contributed by atoms with van der Waals surface area (Å²) in [5, 5.41) is 10.6. The van der Waals surface area contributed by atoms with Crippen molar-refractivity contribution in [2.45, 2.75) is 30.0 Å². The number of sulfonamides is 1. The summed E-state index contributed by atoms with van der Waals surface area (Å²) in [5.74, 6) is -1.19. The molecule has 0 radical (unpaired) electrons. The Labute approximate surface area is 98.2 Å². The highest BCUT2D eigenvalue weighted by molar-refractivity contribution is 7.91. The summed E-state index contributed by atoms with van der Waals surface area (Å²) in [6.45, 7) is 2.96. The molecule has 2 N–H and O–H groups in total. The van der Waals surface area contributed by atoms with Crippen molar-refractivity contribution in [2.24, 2.45) is 0 Å². The number of carboxylic acids is 1. The van der Waals surface area contributed by atoms with Crippen molar-refractivity contribution in [2.75, 3.05) is 0 Å². The van der Waals surface area contributed by atoms with Gasteiger partial charge in [0.05, 0.1) is 0 Å². The zero-order chi connectivity index (χ0) is 12.4. The summed E-state index contributed by atoms with van der Waals surface area (Å²) in [6.07, 6.45) is 0.174. The van der Waals surface area contributed by atoms with Gasteiger partial charge in [-0.2, -0.15) is 4.72 Å². The Bertz CT molecular complexity index is 466. The van der Waals surface area contributed by atoms with E-state index < -0.39 is 21.5 Å². The minimum atomic E-state index is -3.74. The van der Waals surface area contributed by atoms with Gasteiger partial charge in [0.15, 0.2) is 0 Å². The van der Waals surface area contributed by atoms with Crippen LogP contribution < -0.4 is 4.72 Å². The molecule has 16 heavy (non-hydrogen) atoms. The maximum Gasteiger partial charge on any atom is 0.324 e. The molecule has 1 rings (SSSR count). The largest absolute Gasteiger partial charge is 0.480 e. The lowest BCUT2D eigenvalue weighted by Gasteiger charge is -2.23. The minimum Gasteiger partial charge on any atom is -0.480 e. The number of thiophene rings is 1. The van der Waals surface area contributed by atoms with Gasteiger partial charge in [0.2, 0.25) is 0 Å². The van der Waals surface area contributed by atoms with Crippen LogP contribution in [0.1, 0.15) is 20.3 Å². The van der Waals surface area contributed by atoms with Crippen molar-refractivity contribution in [3.8, 4) is 0 Å². The molecule has 1 aromatic heterocycles. The molecule has 1 unspecified atom stereocenters. The second-order valence-electron chi connectivity index (χ2n) is 3.53. The van der Waals surface area contributed by atoms with Crippen molar-refractivity contribution in [1.29, 1.82) is 0 Å². The third-order valence-corrected chi connectivity index (χ3v) is 5.29. The van der Waals surface area contributed by atoms with Crippen LogP contribution in [0.4, 0.5) is 0 Å². The lowest BCUT2D eigenvalue weighted by molar-refractivity contribution is -0.143. The standard InChI is InChI=1S/C9H13NO4S2/c1-3-9(2,8(11)12)10-16(13,14)7-5-4-6-15-7/h4-6,10H,3H2,1-2H3,(H,11,12). The van der Waals surface area contributed by atoms with Crippen LogP contribution in [0.25, 0.3) is 0 Å². The average molecular weight is 263 g/mol. The lowest BCUT2D eigenvalue weighted by atomic mass is 10.0. The van der Waals surface area contributed by atoms with Crippen molar-refractivity contribution < 1.29 is 18.3 Å². The zero-order valence-electron chi connectivity index (χ0n) is 8.93. The van der Waals surface area contributed by atoms with Crippen LogP contribution in [-0.4, -0.2) is 25.0 Å². The number of carboxylic acid groups (broad SMARTS) is 1. The summed E-state index contributed by atoms with van der Waals surface area (Å²) < 4.78 is 25.9. The molecule has 0 saturated heterocycles. The van der Waals surface area contributed by atoms with Gasteiger partial charge in [-0.3, -0.25) is 4.79 Å². The fourth-order valence-electron chi connectivity index (χ4n) is 1.03. The van der Waals surface area contributed by atoms with Crippen molar-refractivity contribution >= 4 is 27.3 Å². The van der Waals surface area contributed by atoms with E-state index >= 15 is 0 Å². The Morgan fingerprint density at radius 2 is 2.25 bits per heavy atom. The molecule has 1 aromatic rings. The van der Waals surface area contributed by atoms with Crippen LogP contribution >= 0.6 is 11.3 Å². The molecule has 0 spiro atoms. The first-order valence-electron chi connectivity index (χ1n) is 4.63. The first kappa shape index (κ1) is 13.1. The third-order valence-electron chi connectivity index (χ3n) is 2.30. The Morgan fingerprint density at radius 3 is 2.62 bits per heavy atom. The second-order valence-corrected chi connectivity index (χ2v) is 6.39. The van der Waals surface area contributed by atoms with Gasteiger partial charge in [-0.05, 0) is 24.8 Å². The van der Waals surface area contributed by atoms with Crippen molar-refractivity contribution in [3.05, 3.63) is 17.5 Å². The van der Waals surface area contributed by atoms with E-state index in [1.54, 1.807) is 18.4 Å². The maximum atomic E-state index is 11.8. The van der Waals surface area contributed by atoms with E-state index in [1.165, 1.54) is 13.0 Å². The lowest BCUT2D eigenvalue weighted by Crippen LogP contribution is -2.51. The van der Waals surface area contributed by atoms with Gasteiger partial charge in [-0.1, -0.05) is 13.0 Å². The van der Waals surface area contributed by atoms with E-state index in [4.69, 9.17) is 5.11 Å². The Kier molecular flexibility index (Phi) is 3.72. The summed E-state index contributed by atoms with van der Waals surface area (Å²) >= 11 is 1.05. The fraction of sp³-hybridized carbons (Fsp3) is 0.444. The minimum absolute atomic E-state index is 0.119. The Morgan fingerprint density at radius 1 is 1.62 bits per heavy atom. The molecular weight excluding hydrogens is 250 g/mol. The second kappa shape index (κ2) is 4.52. The first-order valence-corrected chi connectivity index (χ1v) is 6.99. The number of carbonyl (C=O) groups is 1. The van der Waals surface area contributed by atoms with Gasteiger partial charge < -0.3 is 5.11 Å². The average Bonchev–Trinajstić information content (AvgIpc) is 2.70. The molecule has 1 heterocycles. The predicted octanol–water partition coefficient (Wildman–Crippen LogP) is 1.28. The van der Waals surface area contributed by atoms with E-state index in [-0.39, 0.29) is 10.6 Å². The van der Waals surface area contributed by atoms with E-state index in [0.717, 1.165) is 11.3 Å². The molecule has 7 heteroatoms. The van der Waals surface area contributed by atoms with Crippen LogP contribution in [-0.2, 0) is 14.8 Å². The monoisotopic (exact) mass is 263 g/mol. The number of aliphatic carboxylic acids is 1. The van der Waals surface area contributed by atoms with Crippen LogP contribution in [0.5, 0.6) is 0 Å². The molecule has 90 valence electrons. The molecule has 0 aliphatic heterocycles. The summed E-state index contributed by atoms with van der Waals surface area (Å²) in [6, 6.07) is 3.04. The van der Waals surface area contributed by atoms with Crippen molar-refractivity contribution in [3.63, 3.8) is 0 Å². The Hall–Kier alpha value is -0.920. The molecule has 0 fully saturated rings. The number of rotatable bonds is 5. The molecule has 0 amide bonds. The van der Waals surface area contributed by atoms with Gasteiger partial charge >= 0.3 is 5.97 Å². The summed E-state index contributed by atoms with van der Waals surface area (Å²) in [4.78, 5) is 11.0. The predicted molar refractivity (Wildman–Crippen MR) is 61.0 cm³/mol. The molecule has 1 atom stereocenters. The normalized spacial score (nSPS) is 15.6. The van der Waals surface area contributed by atoms with E-state index in [2.05, 4.69) is 4.72 Å². The van der Waals surface area contributed by atoms with E-state index in [9.17, 15) is 13.2 Å². The summed E-state index contributed by atoms with van der Waals surface area (Å²) in [5.41, 5.74) is -1.47. The van der Waals surface area contributed by atoms with E-state index in [0.29, 0.717) is 0 Å². The highest BCUT2D eigenvalue weighted by Crippen LogP contribution is 2.19. The zero-order valence-corrected chi connectivity index (χ0v) is 10.6. The molecule has 0 aliphatic rings. The highest BCUT2D eigenvalue weighted by atomic mass is 32.2. The molecule has 0 bridgehead atoms. The molecular formula is C9H13NO4S2. The molecule has 0 aromatic carbocycles. The molecule has 0 saturated carbocycles. The summed E-state index contributed by atoms with van der Waals surface area (Å²) in [7, 11) is -3.74. The quantitative estimate of drug-likeness (QED) is 0.838. The Balaban J connectivity index is 3.01. The number of hydrogen-bond donors (Lipinski definition) is 2. The van der Waals surface area contributed by atoms with Gasteiger partial charge in [0, 0.05) is 0 Å². The molecule has 0 aliphatic carbocycles. The SMILES string of the molecule is CCC(C)(NS(=O)(=O)c1cccs1)C(=O)O. The van der Waals surface area contributed by atoms with E-state index in [1.807, 2.05) is 0 Å². The van der Waals surface area contributed by atoms with Crippen LogP contribution in [0.3, 0.4) is 0 Å². The van der Waals surface area contributed by atoms with Gasteiger partial charge in [-0.25, -0.2) is 8.42 Å². The maximum absolute atomic E-state index is 11.8. The number of nitrogens with one attached hydrogen (secondary N) is 1. The smallest absolute Gasteiger partial charge is 0.324 e.